The summed E-state index contributed by atoms with van der Waals surface area (Å²) in [6.45, 7) is 0.808. The first kappa shape index (κ1) is 11.2. The predicted octanol–water partition coefficient (Wildman–Crippen LogP) is 3.39. The van der Waals surface area contributed by atoms with E-state index in [1.54, 1.807) is 0 Å². The minimum atomic E-state index is -0.262. The molecule has 4 rings (SSSR count). The zero-order valence-electron chi connectivity index (χ0n) is 10.4. The van der Waals surface area contributed by atoms with Gasteiger partial charge in [0.25, 0.3) is 0 Å². The van der Waals surface area contributed by atoms with Crippen molar-refractivity contribution in [3.63, 3.8) is 0 Å². The first-order chi connectivity index (χ1) is 9.27. The molecule has 3 aliphatic rings. The molecule has 96 valence electrons. The Morgan fingerprint density at radius 2 is 2.26 bits per heavy atom. The summed E-state index contributed by atoms with van der Waals surface area (Å²) in [5, 5.41) is 4.10. The van der Waals surface area contributed by atoms with Crippen LogP contribution in [-0.4, -0.2) is 12.1 Å². The van der Waals surface area contributed by atoms with Crippen molar-refractivity contribution in [2.45, 2.75) is 18.4 Å². The standard InChI is InChI=1S/C16H14ClNO/c17-13-6-5-11-8-16(19-15(11)7-13)10-18-9-12-3-1-2-4-14(12)16/h1-2,4-7,9,18H,3,8,10H2. The molecule has 1 aromatic rings. The van der Waals surface area contributed by atoms with Gasteiger partial charge in [-0.1, -0.05) is 35.9 Å². The van der Waals surface area contributed by atoms with E-state index in [1.807, 2.05) is 12.1 Å². The molecule has 2 nitrogen and oxygen atoms in total. The molecule has 0 fully saturated rings. The maximum Gasteiger partial charge on any atom is 0.155 e. The van der Waals surface area contributed by atoms with Crippen LogP contribution >= 0.6 is 11.6 Å². The van der Waals surface area contributed by atoms with Crippen LogP contribution in [-0.2, 0) is 6.42 Å². The average Bonchev–Trinajstić information content (AvgIpc) is 2.77. The van der Waals surface area contributed by atoms with E-state index in [2.05, 4.69) is 35.8 Å². The molecule has 1 unspecified atom stereocenters. The summed E-state index contributed by atoms with van der Waals surface area (Å²) in [5.74, 6) is 0.922. The molecule has 2 aliphatic heterocycles. The first-order valence-corrected chi connectivity index (χ1v) is 6.92. The van der Waals surface area contributed by atoms with Gasteiger partial charge < -0.3 is 10.1 Å². The lowest BCUT2D eigenvalue weighted by Gasteiger charge is -2.37. The number of benzene rings is 1. The third kappa shape index (κ3) is 1.63. The van der Waals surface area contributed by atoms with Crippen LogP contribution in [0.15, 0.2) is 53.8 Å². The van der Waals surface area contributed by atoms with Gasteiger partial charge in [-0.15, -0.1) is 0 Å². The lowest BCUT2D eigenvalue weighted by molar-refractivity contribution is 0.134. The maximum atomic E-state index is 6.30. The molecular weight excluding hydrogens is 258 g/mol. The Morgan fingerprint density at radius 3 is 3.21 bits per heavy atom. The van der Waals surface area contributed by atoms with Crippen LogP contribution in [0, 0.1) is 0 Å². The second kappa shape index (κ2) is 3.91. The number of allylic oxidation sites excluding steroid dienone is 3. The van der Waals surface area contributed by atoms with Gasteiger partial charge in [0.2, 0.25) is 0 Å². The van der Waals surface area contributed by atoms with E-state index in [1.165, 1.54) is 16.7 Å². The number of nitrogens with one attached hydrogen (secondary N) is 1. The number of ether oxygens (including phenoxy) is 1. The van der Waals surface area contributed by atoms with Crippen molar-refractivity contribution in [1.29, 1.82) is 0 Å². The van der Waals surface area contributed by atoms with Crippen molar-refractivity contribution >= 4 is 11.6 Å². The Morgan fingerprint density at radius 1 is 1.32 bits per heavy atom. The van der Waals surface area contributed by atoms with Gasteiger partial charge in [-0.3, -0.25) is 0 Å². The Bertz CT molecular complexity index is 644. The molecule has 0 amide bonds. The summed E-state index contributed by atoms with van der Waals surface area (Å²) in [6.07, 6.45) is 10.5. The lowest BCUT2D eigenvalue weighted by Crippen LogP contribution is -2.48. The highest BCUT2D eigenvalue weighted by Gasteiger charge is 2.45. The minimum absolute atomic E-state index is 0.262. The summed E-state index contributed by atoms with van der Waals surface area (Å²) in [7, 11) is 0. The van der Waals surface area contributed by atoms with Crippen molar-refractivity contribution in [2.24, 2.45) is 0 Å². The molecule has 19 heavy (non-hydrogen) atoms. The van der Waals surface area contributed by atoms with E-state index < -0.39 is 0 Å². The van der Waals surface area contributed by atoms with E-state index in [0.29, 0.717) is 0 Å². The zero-order valence-corrected chi connectivity index (χ0v) is 11.2. The summed E-state index contributed by atoms with van der Waals surface area (Å²) in [5.41, 5.74) is 3.61. The molecule has 0 radical (unpaired) electrons. The molecule has 0 aromatic heterocycles. The molecular formula is C16H14ClNO. The molecule has 3 heteroatoms. The van der Waals surface area contributed by atoms with Gasteiger partial charge in [0.15, 0.2) is 5.60 Å². The largest absolute Gasteiger partial charge is 0.480 e. The first-order valence-electron chi connectivity index (χ1n) is 6.54. The normalized spacial score (nSPS) is 27.0. The van der Waals surface area contributed by atoms with E-state index >= 15 is 0 Å². The highest BCUT2D eigenvalue weighted by molar-refractivity contribution is 6.30. The second-order valence-electron chi connectivity index (χ2n) is 5.29. The molecule has 1 atom stereocenters. The third-order valence-electron chi connectivity index (χ3n) is 4.05. The fraction of sp³-hybridized carbons (Fsp3) is 0.250. The van der Waals surface area contributed by atoms with Crippen LogP contribution < -0.4 is 10.1 Å². The molecule has 0 saturated carbocycles. The third-order valence-corrected chi connectivity index (χ3v) is 4.28. The Hall–Kier alpha value is -1.67. The SMILES string of the molecule is Clc1ccc2c(c1)OC1(CNC=C3CC=CC=C31)C2. The summed E-state index contributed by atoms with van der Waals surface area (Å²) < 4.78 is 6.30. The van der Waals surface area contributed by atoms with Gasteiger partial charge in [-0.2, -0.15) is 0 Å². The van der Waals surface area contributed by atoms with Crippen LogP contribution in [0.3, 0.4) is 0 Å². The smallest absolute Gasteiger partial charge is 0.155 e. The Balaban J connectivity index is 1.79. The van der Waals surface area contributed by atoms with Gasteiger partial charge in [0.1, 0.15) is 5.75 Å². The molecule has 0 saturated heterocycles. The van der Waals surface area contributed by atoms with E-state index in [9.17, 15) is 0 Å². The van der Waals surface area contributed by atoms with Crippen molar-refractivity contribution < 1.29 is 4.74 Å². The van der Waals surface area contributed by atoms with Crippen molar-refractivity contribution in [1.82, 2.24) is 5.32 Å². The highest BCUT2D eigenvalue weighted by atomic mass is 35.5. The molecule has 2 heterocycles. The monoisotopic (exact) mass is 271 g/mol. The molecule has 1 N–H and O–H groups in total. The van der Waals surface area contributed by atoms with Crippen LogP contribution in [0.2, 0.25) is 5.02 Å². The molecule has 1 spiro atoms. The number of fused-ring (bicyclic) bond motifs is 3. The topological polar surface area (TPSA) is 21.3 Å². The summed E-state index contributed by atoms with van der Waals surface area (Å²) in [4.78, 5) is 0. The number of hydrogen-bond donors (Lipinski definition) is 1. The summed E-state index contributed by atoms with van der Waals surface area (Å²) in [6, 6.07) is 5.93. The Labute approximate surface area is 117 Å². The lowest BCUT2D eigenvalue weighted by atomic mass is 9.79. The maximum absolute atomic E-state index is 6.30. The minimum Gasteiger partial charge on any atom is -0.480 e. The van der Waals surface area contributed by atoms with E-state index in [-0.39, 0.29) is 5.60 Å². The van der Waals surface area contributed by atoms with Crippen molar-refractivity contribution in [2.75, 3.05) is 6.54 Å². The van der Waals surface area contributed by atoms with Gasteiger partial charge >= 0.3 is 0 Å². The summed E-state index contributed by atoms with van der Waals surface area (Å²) >= 11 is 6.06. The molecule has 0 bridgehead atoms. The Kier molecular flexibility index (Phi) is 2.30. The van der Waals surface area contributed by atoms with E-state index in [0.717, 1.165) is 30.2 Å². The number of halogens is 1. The van der Waals surface area contributed by atoms with Gasteiger partial charge in [0.05, 0.1) is 6.54 Å². The van der Waals surface area contributed by atoms with Crippen molar-refractivity contribution in [3.05, 3.63) is 64.4 Å². The quantitative estimate of drug-likeness (QED) is 0.781. The van der Waals surface area contributed by atoms with E-state index in [4.69, 9.17) is 16.3 Å². The number of rotatable bonds is 0. The highest BCUT2D eigenvalue weighted by Crippen LogP contribution is 2.44. The van der Waals surface area contributed by atoms with Gasteiger partial charge in [-0.25, -0.2) is 0 Å². The fourth-order valence-electron chi connectivity index (χ4n) is 3.16. The van der Waals surface area contributed by atoms with Gasteiger partial charge in [0, 0.05) is 23.2 Å². The zero-order chi connectivity index (χ0) is 12.9. The van der Waals surface area contributed by atoms with Crippen LogP contribution in [0.25, 0.3) is 0 Å². The van der Waals surface area contributed by atoms with Crippen LogP contribution in [0.1, 0.15) is 12.0 Å². The van der Waals surface area contributed by atoms with Crippen LogP contribution in [0.5, 0.6) is 5.75 Å². The predicted molar refractivity (Wildman–Crippen MR) is 76.4 cm³/mol. The second-order valence-corrected chi connectivity index (χ2v) is 5.72. The fourth-order valence-corrected chi connectivity index (χ4v) is 3.33. The average molecular weight is 272 g/mol. The van der Waals surface area contributed by atoms with Crippen LogP contribution in [0.4, 0.5) is 0 Å². The molecule has 1 aliphatic carbocycles. The van der Waals surface area contributed by atoms with Crippen molar-refractivity contribution in [3.8, 4) is 5.75 Å². The molecule has 1 aromatic carbocycles. The number of hydrogen-bond acceptors (Lipinski definition) is 2. The van der Waals surface area contributed by atoms with Gasteiger partial charge in [-0.05, 0) is 29.7 Å².